The molecule has 1 unspecified atom stereocenters. The summed E-state index contributed by atoms with van der Waals surface area (Å²) in [5.41, 5.74) is 0. The lowest BCUT2D eigenvalue weighted by atomic mass is 10.1. The average molecular weight is 550 g/mol. The van der Waals surface area contributed by atoms with Gasteiger partial charge in [-0.3, -0.25) is 9.36 Å². The minimum absolute atomic E-state index is 0.00741. The van der Waals surface area contributed by atoms with Gasteiger partial charge in [0.1, 0.15) is 25.9 Å². The first-order valence-corrected chi connectivity index (χ1v) is 15.9. The van der Waals surface area contributed by atoms with Gasteiger partial charge in [0.05, 0.1) is 27.7 Å². The van der Waals surface area contributed by atoms with Gasteiger partial charge in [-0.15, -0.1) is 0 Å². The Hall–Kier alpha value is -0.760. The molecule has 220 valence electrons. The quantitative estimate of drug-likeness (QED) is 0.0470. The van der Waals surface area contributed by atoms with Crippen molar-refractivity contribution in [1.29, 1.82) is 0 Å². The number of unbranched alkanes of at least 4 members (excludes halogenated alkanes) is 13. The van der Waals surface area contributed by atoms with Crippen LogP contribution in [0.4, 0.5) is 0 Å². The fourth-order valence-corrected chi connectivity index (χ4v) is 4.38. The molecule has 0 bridgehead atoms. The molecule has 0 aliphatic carbocycles. The number of phosphoric acid groups is 1. The van der Waals surface area contributed by atoms with Crippen LogP contribution in [0.2, 0.25) is 0 Å². The maximum atomic E-state index is 11.8. The van der Waals surface area contributed by atoms with Crippen LogP contribution in [0.25, 0.3) is 0 Å². The Kier molecular flexibility index (Phi) is 22.7. The molecule has 0 aromatic heterocycles. The normalized spacial score (nSPS) is 14.6. The van der Waals surface area contributed by atoms with Crippen LogP contribution in [0.15, 0.2) is 12.2 Å². The van der Waals surface area contributed by atoms with Gasteiger partial charge >= 0.3 is 5.97 Å². The van der Waals surface area contributed by atoms with E-state index in [2.05, 4.69) is 23.6 Å². The van der Waals surface area contributed by atoms with Gasteiger partial charge in [0.25, 0.3) is 7.82 Å². The zero-order chi connectivity index (χ0) is 27.8. The van der Waals surface area contributed by atoms with Gasteiger partial charge in [0, 0.05) is 6.42 Å². The molecule has 0 aromatic rings. The summed E-state index contributed by atoms with van der Waals surface area (Å²) in [6, 6.07) is 0. The maximum absolute atomic E-state index is 11.8. The number of carbonyl (C=O) groups excluding carboxylic acids is 1. The third-order valence-corrected chi connectivity index (χ3v) is 6.98. The number of allylic oxidation sites excluding steroid dienone is 2. The Morgan fingerprint density at radius 2 is 1.35 bits per heavy atom. The SMILES string of the molecule is CCCCCCC=CCCCCCCCCCCCC(=O)OC[C@@H](O)COP(=O)([O-])OCC[N+](C)(C)C. The molecule has 37 heavy (non-hydrogen) atoms. The van der Waals surface area contributed by atoms with E-state index in [9.17, 15) is 19.4 Å². The summed E-state index contributed by atoms with van der Waals surface area (Å²) < 4.78 is 26.7. The molecule has 0 heterocycles. The van der Waals surface area contributed by atoms with Crippen molar-refractivity contribution in [1.82, 2.24) is 0 Å². The summed E-state index contributed by atoms with van der Waals surface area (Å²) in [5, 5.41) is 9.81. The Balaban J connectivity index is 3.53. The topological polar surface area (TPSA) is 105 Å². The number of esters is 1. The molecule has 0 saturated carbocycles. The van der Waals surface area contributed by atoms with Gasteiger partial charge in [-0.05, 0) is 32.1 Å². The third-order valence-electron chi connectivity index (χ3n) is 6.02. The van der Waals surface area contributed by atoms with E-state index in [1.54, 1.807) is 0 Å². The largest absolute Gasteiger partial charge is 0.756 e. The molecule has 0 aliphatic rings. The summed E-state index contributed by atoms with van der Waals surface area (Å²) in [7, 11) is 1.25. The van der Waals surface area contributed by atoms with Crippen molar-refractivity contribution < 1.29 is 37.6 Å². The molecular formula is C28H56NO7P. The lowest BCUT2D eigenvalue weighted by Crippen LogP contribution is -2.37. The molecule has 2 atom stereocenters. The molecule has 0 aromatic carbocycles. The Bertz CT molecular complexity index is 622. The monoisotopic (exact) mass is 549 g/mol. The Morgan fingerprint density at radius 1 is 0.838 bits per heavy atom. The second-order valence-corrected chi connectivity index (χ2v) is 12.4. The van der Waals surface area contributed by atoms with Crippen LogP contribution in [0.5, 0.6) is 0 Å². The summed E-state index contributed by atoms with van der Waals surface area (Å²) in [5.74, 6) is -0.390. The molecule has 1 N–H and O–H groups in total. The summed E-state index contributed by atoms with van der Waals surface area (Å²) in [6.45, 7) is 1.93. The number of hydrogen-bond donors (Lipinski definition) is 1. The van der Waals surface area contributed by atoms with E-state index in [-0.39, 0.29) is 13.2 Å². The third kappa shape index (κ3) is 28.1. The number of aliphatic hydroxyl groups excluding tert-OH is 1. The van der Waals surface area contributed by atoms with E-state index in [1.807, 2.05) is 21.1 Å². The number of hydrogen-bond acceptors (Lipinski definition) is 7. The van der Waals surface area contributed by atoms with Gasteiger partial charge < -0.3 is 28.3 Å². The van der Waals surface area contributed by atoms with Crippen molar-refractivity contribution in [3.63, 3.8) is 0 Å². The average Bonchev–Trinajstić information content (AvgIpc) is 2.82. The lowest BCUT2D eigenvalue weighted by molar-refractivity contribution is -0.870. The molecular weight excluding hydrogens is 493 g/mol. The number of quaternary nitrogens is 1. The number of nitrogens with zero attached hydrogens (tertiary/aromatic N) is 1. The van der Waals surface area contributed by atoms with Crippen LogP contribution < -0.4 is 4.89 Å². The standard InChI is InChI=1S/C28H56NO7P/c1-5-6-7-8-9-10-11-12-13-14-15-16-17-18-19-20-21-22-28(31)34-25-27(30)26-36-37(32,33)35-24-23-29(2,3)4/h10-11,27,30H,5-9,12-26H2,1-4H3/t27-/m1/s1. The first kappa shape index (κ1) is 36.2. The van der Waals surface area contributed by atoms with Crippen LogP contribution in [-0.4, -0.2) is 69.2 Å². The van der Waals surface area contributed by atoms with E-state index in [0.717, 1.165) is 19.3 Å². The minimum atomic E-state index is -4.49. The number of carbonyl (C=O) groups is 1. The number of likely N-dealkylation sites (N-methyl/N-ethyl adjacent to an activating group) is 1. The minimum Gasteiger partial charge on any atom is -0.756 e. The zero-order valence-corrected chi connectivity index (χ0v) is 25.1. The summed E-state index contributed by atoms with van der Waals surface area (Å²) >= 11 is 0. The highest BCUT2D eigenvalue weighted by Gasteiger charge is 2.16. The molecule has 0 aliphatic heterocycles. The van der Waals surface area contributed by atoms with Gasteiger partial charge in [0.15, 0.2) is 0 Å². The Labute approximate surface area is 227 Å². The van der Waals surface area contributed by atoms with Gasteiger partial charge in [-0.2, -0.15) is 0 Å². The lowest BCUT2D eigenvalue weighted by Gasteiger charge is -2.27. The molecule has 0 radical (unpaired) electrons. The first-order chi connectivity index (χ1) is 17.6. The van der Waals surface area contributed by atoms with Crippen molar-refractivity contribution in [2.45, 2.75) is 116 Å². The van der Waals surface area contributed by atoms with Gasteiger partial charge in [-0.1, -0.05) is 83.3 Å². The molecule has 0 rings (SSSR count). The number of rotatable bonds is 26. The van der Waals surface area contributed by atoms with Crippen LogP contribution >= 0.6 is 7.82 Å². The second kappa shape index (κ2) is 23.2. The molecule has 0 saturated heterocycles. The predicted molar refractivity (Wildman–Crippen MR) is 148 cm³/mol. The van der Waals surface area contributed by atoms with Crippen LogP contribution in [0.3, 0.4) is 0 Å². The van der Waals surface area contributed by atoms with E-state index in [0.29, 0.717) is 17.4 Å². The van der Waals surface area contributed by atoms with E-state index in [1.165, 1.54) is 77.0 Å². The molecule has 0 fully saturated rings. The van der Waals surface area contributed by atoms with E-state index >= 15 is 0 Å². The zero-order valence-electron chi connectivity index (χ0n) is 24.2. The van der Waals surface area contributed by atoms with Gasteiger partial charge in [0.2, 0.25) is 0 Å². The number of aliphatic hydroxyl groups is 1. The molecule has 8 nitrogen and oxygen atoms in total. The fourth-order valence-electron chi connectivity index (χ4n) is 3.64. The highest BCUT2D eigenvalue weighted by atomic mass is 31.2. The molecule has 0 spiro atoms. The van der Waals surface area contributed by atoms with Crippen LogP contribution in [-0.2, 0) is 23.1 Å². The molecule has 9 heteroatoms. The van der Waals surface area contributed by atoms with Crippen molar-refractivity contribution in [2.75, 3.05) is 47.5 Å². The van der Waals surface area contributed by atoms with E-state index in [4.69, 9.17) is 9.26 Å². The molecule has 0 amide bonds. The van der Waals surface area contributed by atoms with Crippen LogP contribution in [0, 0.1) is 0 Å². The predicted octanol–water partition coefficient (Wildman–Crippen LogP) is 5.92. The Morgan fingerprint density at radius 3 is 1.89 bits per heavy atom. The second-order valence-electron chi connectivity index (χ2n) is 11.0. The number of ether oxygens (including phenoxy) is 1. The van der Waals surface area contributed by atoms with Crippen molar-refractivity contribution in [3.05, 3.63) is 12.2 Å². The highest BCUT2D eigenvalue weighted by Crippen LogP contribution is 2.38. The van der Waals surface area contributed by atoms with Gasteiger partial charge in [-0.25, -0.2) is 0 Å². The van der Waals surface area contributed by atoms with E-state index < -0.39 is 26.5 Å². The maximum Gasteiger partial charge on any atom is 0.305 e. The summed E-state index contributed by atoms with van der Waals surface area (Å²) in [4.78, 5) is 23.5. The highest BCUT2D eigenvalue weighted by molar-refractivity contribution is 7.45. The number of phosphoric ester groups is 1. The van der Waals surface area contributed by atoms with Crippen molar-refractivity contribution in [2.24, 2.45) is 0 Å². The summed E-state index contributed by atoms with van der Waals surface area (Å²) in [6.07, 6.45) is 22.0. The van der Waals surface area contributed by atoms with Crippen molar-refractivity contribution >= 4 is 13.8 Å². The fraction of sp³-hybridized carbons (Fsp3) is 0.893. The first-order valence-electron chi connectivity index (χ1n) is 14.4. The smallest absolute Gasteiger partial charge is 0.305 e. The van der Waals surface area contributed by atoms with Crippen LogP contribution in [0.1, 0.15) is 110 Å². The van der Waals surface area contributed by atoms with Crippen molar-refractivity contribution in [3.8, 4) is 0 Å².